The molecule has 2 aromatic heterocycles. The molecule has 12 nitrogen and oxygen atoms in total. The summed E-state index contributed by atoms with van der Waals surface area (Å²) in [6, 6.07) is 26.9. The van der Waals surface area contributed by atoms with E-state index in [1.807, 2.05) is 82.6 Å². The fourth-order valence-electron chi connectivity index (χ4n) is 9.80. The van der Waals surface area contributed by atoms with Crippen molar-refractivity contribution in [1.82, 2.24) is 19.8 Å². The number of para-hydroxylation sites is 4. The molecule has 4 heterocycles. The molecular weight excluding hydrogens is 827 g/mol. The van der Waals surface area contributed by atoms with E-state index in [1.54, 1.807) is 25.6 Å². The fraction of sp³-hybridized carbons (Fsp3) is 0.529. The molecule has 4 aliphatic rings. The quantitative estimate of drug-likeness (QED) is 0.127. The van der Waals surface area contributed by atoms with Crippen LogP contribution in [0, 0.1) is 23.7 Å². The van der Waals surface area contributed by atoms with Crippen LogP contribution in [0.4, 0.5) is 31.8 Å². The molecule has 2 amide bonds. The summed E-state index contributed by atoms with van der Waals surface area (Å²) in [5.41, 5.74) is 2.01. The maximum atomic E-state index is 13.4. The Balaban J connectivity index is 0.000000194. The Morgan fingerprint density at radius 3 is 1.42 bits per heavy atom. The van der Waals surface area contributed by atoms with Gasteiger partial charge in [0.05, 0.1) is 31.8 Å². The van der Waals surface area contributed by atoms with Gasteiger partial charge in [-0.15, -0.1) is 0 Å². The molecule has 0 radical (unpaired) electrons. The lowest BCUT2D eigenvalue weighted by Crippen LogP contribution is -2.50. The number of alkyl halides is 2. The van der Waals surface area contributed by atoms with Crippen LogP contribution in [0.1, 0.15) is 51.4 Å². The van der Waals surface area contributed by atoms with Crippen molar-refractivity contribution in [2.45, 2.75) is 51.4 Å². The van der Waals surface area contributed by atoms with Crippen molar-refractivity contribution < 1.29 is 28.2 Å². The second-order valence-electron chi connectivity index (χ2n) is 17.9. The zero-order valence-electron chi connectivity index (χ0n) is 38.1. The fourth-order valence-corrected chi connectivity index (χ4v) is 9.80. The molecule has 8 rings (SSSR count). The number of carbonyl (C=O) groups excluding carboxylic acids is 2. The third kappa shape index (κ3) is 12.9. The third-order valence-corrected chi connectivity index (χ3v) is 13.9. The number of pyridine rings is 2. The van der Waals surface area contributed by atoms with Gasteiger partial charge in [0, 0.05) is 103 Å². The summed E-state index contributed by atoms with van der Waals surface area (Å²) in [4.78, 5) is 48.7. The van der Waals surface area contributed by atoms with Crippen molar-refractivity contribution >= 4 is 34.8 Å². The van der Waals surface area contributed by atoms with Crippen molar-refractivity contribution in [2.24, 2.45) is 23.7 Å². The lowest BCUT2D eigenvalue weighted by Gasteiger charge is -2.38. The van der Waals surface area contributed by atoms with Crippen molar-refractivity contribution in [3.8, 4) is 11.5 Å². The maximum absolute atomic E-state index is 13.4. The standard InChI is InChI=1S/C26H35FN4O2.C25H33FN4O2/c1-33-24-7-3-2-6-23(24)30-17-14-29(15-18-30)16-19-31(25-8-4-5-13-28-25)26(32)22-11-9-21(20-27)10-12-22;26-19-20-8-10-21(11-9-20)25(32)30(24-7-3-4-12-27-24)18-15-28-13-16-29(17-14-28)22-5-1-2-6-23(22)31/h2-8,13,21-22H,9-12,14-20H2,1H3;1-7,12,20-21,31H,8-11,13-19H2. The second-order valence-corrected chi connectivity index (χ2v) is 17.9. The molecule has 4 aromatic rings. The van der Waals surface area contributed by atoms with Crippen LogP contribution in [0.15, 0.2) is 97.3 Å². The highest BCUT2D eigenvalue weighted by atomic mass is 19.1. The van der Waals surface area contributed by atoms with Crippen molar-refractivity contribution in [3.05, 3.63) is 97.3 Å². The lowest BCUT2D eigenvalue weighted by atomic mass is 9.82. The number of amides is 2. The van der Waals surface area contributed by atoms with Gasteiger partial charge >= 0.3 is 0 Å². The zero-order valence-corrected chi connectivity index (χ0v) is 38.1. The molecule has 0 unspecified atom stereocenters. The molecule has 65 heavy (non-hydrogen) atoms. The number of nitrogens with zero attached hydrogens (tertiary/aromatic N) is 8. The predicted octanol–water partition coefficient (Wildman–Crippen LogP) is 7.74. The van der Waals surface area contributed by atoms with E-state index in [1.165, 1.54) is 0 Å². The Bertz CT molecular complexity index is 2040. The number of anilines is 4. The number of hydrogen-bond donors (Lipinski definition) is 1. The monoisotopic (exact) mass is 895 g/mol. The van der Waals surface area contributed by atoms with Crippen LogP contribution >= 0.6 is 0 Å². The van der Waals surface area contributed by atoms with Crippen LogP contribution in [-0.2, 0) is 9.59 Å². The van der Waals surface area contributed by atoms with E-state index in [-0.39, 0.29) is 48.8 Å². The van der Waals surface area contributed by atoms with E-state index >= 15 is 0 Å². The minimum absolute atomic E-state index is 0.0304. The third-order valence-electron chi connectivity index (χ3n) is 13.9. The number of benzene rings is 2. The molecule has 2 saturated carbocycles. The summed E-state index contributed by atoms with van der Waals surface area (Å²) in [5, 5.41) is 10.1. The summed E-state index contributed by atoms with van der Waals surface area (Å²) in [5.74, 6) is 3.04. The van der Waals surface area contributed by atoms with E-state index in [0.717, 1.165) is 134 Å². The van der Waals surface area contributed by atoms with Gasteiger partial charge in [0.25, 0.3) is 0 Å². The number of hydrogen-bond acceptors (Lipinski definition) is 10. The van der Waals surface area contributed by atoms with Crippen LogP contribution in [0.3, 0.4) is 0 Å². The number of aromatic nitrogens is 2. The van der Waals surface area contributed by atoms with Gasteiger partial charge in [-0.25, -0.2) is 9.97 Å². The first-order valence-corrected chi connectivity index (χ1v) is 23.8. The Labute approximate surface area is 384 Å². The average molecular weight is 895 g/mol. The predicted molar refractivity (Wildman–Crippen MR) is 254 cm³/mol. The van der Waals surface area contributed by atoms with Crippen LogP contribution in [-0.4, -0.2) is 136 Å². The number of methoxy groups -OCH3 is 1. The van der Waals surface area contributed by atoms with Crippen molar-refractivity contribution in [2.75, 3.05) is 119 Å². The van der Waals surface area contributed by atoms with E-state index in [2.05, 4.69) is 35.6 Å². The SMILES string of the molecule is COc1ccccc1N1CCN(CCN(C(=O)C2CCC(CF)CC2)c2ccccn2)CC1.O=C(C1CCC(CF)CC1)N(CCN1CCN(c2ccccc2O)CC1)c1ccccn1. The normalized spacial score (nSPS) is 21.8. The Morgan fingerprint density at radius 1 is 0.585 bits per heavy atom. The molecule has 2 saturated heterocycles. The van der Waals surface area contributed by atoms with Gasteiger partial charge in [-0.1, -0.05) is 36.4 Å². The molecule has 14 heteroatoms. The molecule has 2 aliphatic carbocycles. The summed E-state index contributed by atoms with van der Waals surface area (Å²) in [6.45, 7) is 9.38. The highest BCUT2D eigenvalue weighted by Crippen LogP contribution is 2.34. The van der Waals surface area contributed by atoms with Crippen LogP contribution < -0.4 is 24.3 Å². The summed E-state index contributed by atoms with van der Waals surface area (Å²) < 4.78 is 31.5. The second kappa shape index (κ2) is 24.3. The molecule has 1 N–H and O–H groups in total. The molecule has 0 atom stereocenters. The molecule has 4 fully saturated rings. The van der Waals surface area contributed by atoms with Crippen molar-refractivity contribution in [1.29, 1.82) is 0 Å². The first-order chi connectivity index (χ1) is 31.8. The minimum atomic E-state index is -0.280. The minimum Gasteiger partial charge on any atom is -0.506 e. The number of aromatic hydroxyl groups is 1. The topological polar surface area (TPSA) is 109 Å². The molecule has 2 aliphatic heterocycles. The Morgan fingerprint density at radius 2 is 1.00 bits per heavy atom. The average Bonchev–Trinajstić information content (AvgIpc) is 3.38. The van der Waals surface area contributed by atoms with Gasteiger partial charge in [-0.2, -0.15) is 0 Å². The van der Waals surface area contributed by atoms with E-state index in [4.69, 9.17) is 4.74 Å². The number of ether oxygens (including phenoxy) is 1. The number of phenols is 1. The summed E-state index contributed by atoms with van der Waals surface area (Å²) >= 11 is 0. The van der Waals surface area contributed by atoms with Crippen LogP contribution in [0.25, 0.3) is 0 Å². The van der Waals surface area contributed by atoms with Crippen LogP contribution in [0.5, 0.6) is 11.5 Å². The van der Waals surface area contributed by atoms with Gasteiger partial charge in [0.1, 0.15) is 23.1 Å². The maximum Gasteiger partial charge on any atom is 0.231 e. The van der Waals surface area contributed by atoms with E-state index < -0.39 is 0 Å². The number of halogens is 2. The molecule has 2 aromatic carbocycles. The van der Waals surface area contributed by atoms with Gasteiger partial charge in [0.2, 0.25) is 11.8 Å². The first-order valence-electron chi connectivity index (χ1n) is 23.8. The highest BCUT2D eigenvalue weighted by molar-refractivity contribution is 5.95. The van der Waals surface area contributed by atoms with Crippen molar-refractivity contribution in [3.63, 3.8) is 0 Å². The summed E-state index contributed by atoms with van der Waals surface area (Å²) in [7, 11) is 1.71. The first kappa shape index (κ1) is 47.6. The van der Waals surface area contributed by atoms with Gasteiger partial charge in [-0.3, -0.25) is 38.0 Å². The lowest BCUT2D eigenvalue weighted by molar-refractivity contribution is -0.124. The number of phenolic OH excluding ortho intramolecular Hbond substituents is 1. The van der Waals surface area contributed by atoms with Crippen LogP contribution in [0.2, 0.25) is 0 Å². The number of carbonyl (C=O) groups is 2. The summed E-state index contributed by atoms with van der Waals surface area (Å²) in [6.07, 6.45) is 9.70. The molecule has 0 spiro atoms. The molecule has 0 bridgehead atoms. The van der Waals surface area contributed by atoms with Gasteiger partial charge in [-0.05, 0) is 112 Å². The number of piperazine rings is 2. The van der Waals surface area contributed by atoms with Gasteiger partial charge < -0.3 is 19.6 Å². The highest BCUT2D eigenvalue weighted by Gasteiger charge is 2.33. The van der Waals surface area contributed by atoms with Gasteiger partial charge in [0.15, 0.2) is 0 Å². The Hall–Kier alpha value is -5.34. The smallest absolute Gasteiger partial charge is 0.231 e. The molecule has 350 valence electrons. The largest absolute Gasteiger partial charge is 0.506 e. The van der Waals surface area contributed by atoms with E-state index in [0.29, 0.717) is 30.5 Å². The Kier molecular flexibility index (Phi) is 17.8. The zero-order chi connectivity index (χ0) is 45.4. The molecular formula is C51H68F2N8O4. The number of rotatable bonds is 15. The van der Waals surface area contributed by atoms with E-state index in [9.17, 15) is 23.5 Å².